The van der Waals surface area contributed by atoms with Gasteiger partial charge in [-0.2, -0.15) is 5.10 Å². The standard InChI is InChI=1S/C16H21N5O3S/c1-25(23,24)20-8-2-4-14(12-20)16(22)18-11-13-5-7-17-15(10-13)21-9-3-6-19-21/h3,5-7,9-10,14H,2,4,8,11-12H2,1H3,(H,18,22)/t14-/m1/s1. The summed E-state index contributed by atoms with van der Waals surface area (Å²) in [4.78, 5) is 16.6. The lowest BCUT2D eigenvalue weighted by molar-refractivity contribution is -0.126. The van der Waals surface area contributed by atoms with E-state index in [9.17, 15) is 13.2 Å². The van der Waals surface area contributed by atoms with Gasteiger partial charge in [-0.1, -0.05) is 0 Å². The molecule has 1 N–H and O–H groups in total. The molecular weight excluding hydrogens is 342 g/mol. The second kappa shape index (κ2) is 7.32. The minimum Gasteiger partial charge on any atom is -0.352 e. The first-order valence-corrected chi connectivity index (χ1v) is 9.96. The third kappa shape index (κ3) is 4.43. The highest BCUT2D eigenvalue weighted by Crippen LogP contribution is 2.19. The van der Waals surface area contributed by atoms with Crippen LogP contribution in [0.3, 0.4) is 0 Å². The van der Waals surface area contributed by atoms with Gasteiger partial charge in [0.1, 0.15) is 0 Å². The van der Waals surface area contributed by atoms with Gasteiger partial charge in [0.2, 0.25) is 15.9 Å². The number of pyridine rings is 1. The van der Waals surface area contributed by atoms with E-state index in [1.807, 2.05) is 18.2 Å². The van der Waals surface area contributed by atoms with Gasteiger partial charge in [0.25, 0.3) is 0 Å². The van der Waals surface area contributed by atoms with Gasteiger partial charge in [-0.15, -0.1) is 0 Å². The molecule has 1 saturated heterocycles. The molecule has 1 aliphatic rings. The summed E-state index contributed by atoms with van der Waals surface area (Å²) in [6, 6.07) is 5.50. The number of sulfonamides is 1. The summed E-state index contributed by atoms with van der Waals surface area (Å²) in [6.45, 7) is 1.10. The second-order valence-corrected chi connectivity index (χ2v) is 8.13. The Morgan fingerprint density at radius 1 is 1.40 bits per heavy atom. The molecule has 1 atom stereocenters. The molecule has 0 saturated carbocycles. The number of nitrogens with zero attached hydrogens (tertiary/aromatic N) is 4. The Morgan fingerprint density at radius 2 is 2.24 bits per heavy atom. The number of aromatic nitrogens is 3. The molecule has 2 aromatic heterocycles. The topological polar surface area (TPSA) is 97.2 Å². The maximum absolute atomic E-state index is 12.4. The number of piperidine rings is 1. The molecule has 25 heavy (non-hydrogen) atoms. The molecule has 2 aromatic rings. The molecule has 9 heteroatoms. The molecule has 0 spiro atoms. The van der Waals surface area contributed by atoms with Gasteiger partial charge < -0.3 is 5.32 Å². The Balaban J connectivity index is 1.60. The minimum atomic E-state index is -3.25. The van der Waals surface area contributed by atoms with Crippen molar-refractivity contribution in [2.75, 3.05) is 19.3 Å². The van der Waals surface area contributed by atoms with Crippen LogP contribution in [0.2, 0.25) is 0 Å². The summed E-state index contributed by atoms with van der Waals surface area (Å²) in [7, 11) is -3.25. The summed E-state index contributed by atoms with van der Waals surface area (Å²) in [6.07, 6.45) is 7.72. The van der Waals surface area contributed by atoms with E-state index in [0.29, 0.717) is 31.7 Å². The first kappa shape index (κ1) is 17.6. The molecule has 0 bridgehead atoms. The van der Waals surface area contributed by atoms with Crippen molar-refractivity contribution in [3.8, 4) is 5.82 Å². The van der Waals surface area contributed by atoms with Crippen molar-refractivity contribution < 1.29 is 13.2 Å². The number of amides is 1. The minimum absolute atomic E-state index is 0.120. The first-order chi connectivity index (χ1) is 11.9. The number of hydrogen-bond donors (Lipinski definition) is 1. The van der Waals surface area contributed by atoms with Crippen LogP contribution < -0.4 is 5.32 Å². The van der Waals surface area contributed by atoms with E-state index in [0.717, 1.165) is 5.56 Å². The van der Waals surface area contributed by atoms with Gasteiger partial charge in [-0.3, -0.25) is 4.79 Å². The quantitative estimate of drug-likeness (QED) is 0.837. The van der Waals surface area contributed by atoms with Gasteiger partial charge in [0.05, 0.1) is 12.2 Å². The molecular formula is C16H21N5O3S. The SMILES string of the molecule is CS(=O)(=O)N1CCC[C@@H](C(=O)NCc2ccnc(-n3cccn3)c2)C1. The van der Waals surface area contributed by atoms with E-state index < -0.39 is 10.0 Å². The number of carbonyl (C=O) groups excluding carboxylic acids is 1. The molecule has 0 aliphatic carbocycles. The molecule has 0 aromatic carbocycles. The van der Waals surface area contributed by atoms with Crippen LogP contribution in [0.15, 0.2) is 36.8 Å². The Hall–Kier alpha value is -2.26. The van der Waals surface area contributed by atoms with E-state index in [1.54, 1.807) is 23.3 Å². The highest BCUT2D eigenvalue weighted by Gasteiger charge is 2.29. The van der Waals surface area contributed by atoms with Crippen LogP contribution >= 0.6 is 0 Å². The Morgan fingerprint density at radius 3 is 2.96 bits per heavy atom. The monoisotopic (exact) mass is 363 g/mol. The summed E-state index contributed by atoms with van der Waals surface area (Å²) in [5.41, 5.74) is 0.907. The zero-order valence-electron chi connectivity index (χ0n) is 14.0. The van der Waals surface area contributed by atoms with Crippen molar-refractivity contribution in [1.29, 1.82) is 0 Å². The number of nitrogens with one attached hydrogen (secondary N) is 1. The molecule has 3 rings (SSSR count). The third-order valence-corrected chi connectivity index (χ3v) is 5.51. The number of carbonyl (C=O) groups is 1. The molecule has 0 radical (unpaired) electrons. The fraction of sp³-hybridized carbons (Fsp3) is 0.438. The van der Waals surface area contributed by atoms with Crippen LogP contribution in [-0.4, -0.2) is 52.7 Å². The Bertz CT molecular complexity index is 835. The maximum atomic E-state index is 12.4. The fourth-order valence-corrected chi connectivity index (χ4v) is 3.80. The van der Waals surface area contributed by atoms with Crippen molar-refractivity contribution in [3.63, 3.8) is 0 Å². The summed E-state index contributed by atoms with van der Waals surface area (Å²) in [5, 5.41) is 7.03. The van der Waals surface area contributed by atoms with Crippen molar-refractivity contribution in [2.24, 2.45) is 5.92 Å². The second-order valence-electron chi connectivity index (χ2n) is 6.15. The van der Waals surface area contributed by atoms with Gasteiger partial charge in [-0.05, 0) is 36.6 Å². The predicted octanol–water partition coefficient (Wildman–Crippen LogP) is 0.555. The zero-order valence-corrected chi connectivity index (χ0v) is 14.8. The van der Waals surface area contributed by atoms with Crippen molar-refractivity contribution in [2.45, 2.75) is 19.4 Å². The van der Waals surface area contributed by atoms with E-state index in [2.05, 4.69) is 15.4 Å². The Labute approximate surface area is 146 Å². The summed E-state index contributed by atoms with van der Waals surface area (Å²) >= 11 is 0. The van der Waals surface area contributed by atoms with Gasteiger partial charge >= 0.3 is 0 Å². The molecule has 3 heterocycles. The third-order valence-electron chi connectivity index (χ3n) is 4.24. The smallest absolute Gasteiger partial charge is 0.224 e. The van der Waals surface area contributed by atoms with Crippen LogP contribution in [-0.2, 0) is 21.4 Å². The number of hydrogen-bond acceptors (Lipinski definition) is 5. The largest absolute Gasteiger partial charge is 0.352 e. The fourth-order valence-electron chi connectivity index (χ4n) is 2.89. The van der Waals surface area contributed by atoms with Gasteiger partial charge in [0, 0.05) is 38.2 Å². The first-order valence-electron chi connectivity index (χ1n) is 8.11. The van der Waals surface area contributed by atoms with Crippen LogP contribution in [0.5, 0.6) is 0 Å². The highest BCUT2D eigenvalue weighted by molar-refractivity contribution is 7.88. The normalized spacial score (nSPS) is 18.8. The van der Waals surface area contributed by atoms with Crippen molar-refractivity contribution in [3.05, 3.63) is 42.4 Å². The molecule has 1 fully saturated rings. The van der Waals surface area contributed by atoms with Crippen molar-refractivity contribution in [1.82, 2.24) is 24.4 Å². The highest BCUT2D eigenvalue weighted by atomic mass is 32.2. The summed E-state index contributed by atoms with van der Waals surface area (Å²) in [5.74, 6) is 0.249. The van der Waals surface area contributed by atoms with Crippen molar-refractivity contribution >= 4 is 15.9 Å². The van der Waals surface area contributed by atoms with Gasteiger partial charge in [0.15, 0.2) is 5.82 Å². The lowest BCUT2D eigenvalue weighted by atomic mass is 9.99. The van der Waals surface area contributed by atoms with Crippen LogP contribution in [0.4, 0.5) is 0 Å². The lowest BCUT2D eigenvalue weighted by Crippen LogP contribution is -2.44. The van der Waals surface area contributed by atoms with E-state index in [-0.39, 0.29) is 18.4 Å². The predicted molar refractivity (Wildman–Crippen MR) is 92.3 cm³/mol. The van der Waals surface area contributed by atoms with E-state index in [1.165, 1.54) is 10.6 Å². The molecule has 0 unspecified atom stereocenters. The molecule has 1 amide bonds. The van der Waals surface area contributed by atoms with E-state index in [4.69, 9.17) is 0 Å². The van der Waals surface area contributed by atoms with Crippen LogP contribution in [0.1, 0.15) is 18.4 Å². The maximum Gasteiger partial charge on any atom is 0.224 e. The summed E-state index contributed by atoms with van der Waals surface area (Å²) < 4.78 is 26.4. The molecule has 1 aliphatic heterocycles. The lowest BCUT2D eigenvalue weighted by Gasteiger charge is -2.30. The average molecular weight is 363 g/mol. The van der Waals surface area contributed by atoms with Crippen LogP contribution in [0.25, 0.3) is 5.82 Å². The zero-order chi connectivity index (χ0) is 17.9. The molecule has 134 valence electrons. The van der Waals surface area contributed by atoms with Crippen LogP contribution in [0, 0.1) is 5.92 Å². The Kier molecular flexibility index (Phi) is 5.14. The van der Waals surface area contributed by atoms with E-state index >= 15 is 0 Å². The average Bonchev–Trinajstić information content (AvgIpc) is 3.14. The number of rotatable bonds is 5. The van der Waals surface area contributed by atoms with Gasteiger partial charge in [-0.25, -0.2) is 22.4 Å². The molecule has 8 nitrogen and oxygen atoms in total.